The third-order valence-electron chi connectivity index (χ3n) is 4.15. The van der Waals surface area contributed by atoms with E-state index in [-0.39, 0.29) is 11.1 Å². The highest BCUT2D eigenvalue weighted by Crippen LogP contribution is 2.40. The number of pyridine rings is 2. The van der Waals surface area contributed by atoms with Gasteiger partial charge in [0.2, 0.25) is 0 Å². The van der Waals surface area contributed by atoms with Crippen LogP contribution in [-0.2, 0) is 11.0 Å². The lowest BCUT2D eigenvalue weighted by Gasteiger charge is -2.20. The lowest BCUT2D eigenvalue weighted by Crippen LogP contribution is -2.27. The molecule has 0 radical (unpaired) electrons. The van der Waals surface area contributed by atoms with Gasteiger partial charge in [-0.3, -0.25) is 9.78 Å². The van der Waals surface area contributed by atoms with Crippen molar-refractivity contribution in [3.8, 4) is 17.3 Å². The highest BCUT2D eigenvalue weighted by Gasteiger charge is 2.33. The number of hydrogen-bond acceptors (Lipinski definition) is 4. The van der Waals surface area contributed by atoms with Crippen molar-refractivity contribution >= 4 is 23.2 Å². The molecule has 1 N–H and O–H groups in total. The number of aromatic nitrogens is 2. The Morgan fingerprint density at radius 3 is 2.61 bits per heavy atom. The van der Waals surface area contributed by atoms with Gasteiger partial charge in [0.25, 0.3) is 0 Å². The van der Waals surface area contributed by atoms with E-state index in [2.05, 4.69) is 4.98 Å². The summed E-state index contributed by atoms with van der Waals surface area (Å²) in [5.74, 6) is -1.02. The summed E-state index contributed by atoms with van der Waals surface area (Å²) in [6.45, 7) is 3.08. The number of aliphatic carboxylic acids is 1. The maximum absolute atomic E-state index is 13.2. The molecule has 0 spiro atoms. The minimum atomic E-state index is -4.56. The molecule has 0 saturated carbocycles. The smallest absolute Gasteiger partial charge is 0.417 e. The fourth-order valence-corrected chi connectivity index (χ4v) is 3.68. The van der Waals surface area contributed by atoms with Gasteiger partial charge in [0.1, 0.15) is 10.8 Å². The molecule has 9 heteroatoms. The molecular weight excluding hydrogens is 391 g/mol. The Labute approximate surface area is 162 Å². The zero-order valence-corrected chi connectivity index (χ0v) is 15.6. The summed E-state index contributed by atoms with van der Waals surface area (Å²) in [6.07, 6.45) is -0.682. The molecule has 144 valence electrons. The van der Waals surface area contributed by atoms with E-state index in [4.69, 9.17) is 0 Å². The van der Waals surface area contributed by atoms with E-state index < -0.39 is 22.5 Å². The van der Waals surface area contributed by atoms with Gasteiger partial charge < -0.3 is 9.51 Å². The van der Waals surface area contributed by atoms with Crippen molar-refractivity contribution in [2.75, 3.05) is 0 Å². The van der Waals surface area contributed by atoms with Crippen LogP contribution < -0.4 is 0 Å². The largest absolute Gasteiger partial charge is 0.480 e. The van der Waals surface area contributed by atoms with Crippen molar-refractivity contribution in [3.05, 3.63) is 54.0 Å². The first-order valence-electron chi connectivity index (χ1n) is 8.04. The molecule has 0 unspecified atom stereocenters. The average Bonchev–Trinajstić information content (AvgIpc) is 3.07. The average molecular weight is 405 g/mol. The van der Waals surface area contributed by atoms with Gasteiger partial charge in [-0.25, -0.2) is 0 Å². The number of halogens is 3. The maximum atomic E-state index is 13.2. The number of rotatable bonds is 4. The zero-order valence-electron chi connectivity index (χ0n) is 14.8. The van der Waals surface area contributed by atoms with Gasteiger partial charge in [0, 0.05) is 29.0 Å². The standard InChI is InChI=1S/C19H14F3N3O2S/c1-18(2,17(26)27)28-16-5-6-24-9-13(16)14-4-3-11(8-23)15-7-12(10-25(14)15)19(20,21)22/h3-7,9-10H,1-2H3,(H,26,27). The molecule has 0 fully saturated rings. The third kappa shape index (κ3) is 3.55. The van der Waals surface area contributed by atoms with Crippen LogP contribution >= 0.6 is 11.8 Å². The van der Waals surface area contributed by atoms with Gasteiger partial charge in [-0.15, -0.1) is 11.8 Å². The number of alkyl halides is 3. The molecule has 0 amide bonds. The van der Waals surface area contributed by atoms with E-state index in [1.54, 1.807) is 6.07 Å². The summed E-state index contributed by atoms with van der Waals surface area (Å²) in [7, 11) is 0. The van der Waals surface area contributed by atoms with Crippen LogP contribution in [0.1, 0.15) is 25.0 Å². The van der Waals surface area contributed by atoms with Crippen LogP contribution in [0.4, 0.5) is 13.2 Å². The van der Waals surface area contributed by atoms with Gasteiger partial charge in [-0.05, 0) is 38.1 Å². The van der Waals surface area contributed by atoms with E-state index in [9.17, 15) is 28.3 Å². The van der Waals surface area contributed by atoms with Crippen LogP contribution in [0.5, 0.6) is 0 Å². The fourth-order valence-electron chi connectivity index (χ4n) is 2.65. The Morgan fingerprint density at radius 2 is 2.00 bits per heavy atom. The summed E-state index contributed by atoms with van der Waals surface area (Å²) in [6, 6.07) is 7.40. The SMILES string of the molecule is CC(C)(Sc1ccncc1-c1ccc(C#N)c2cc(C(F)(F)F)cn12)C(=O)O. The molecule has 28 heavy (non-hydrogen) atoms. The molecule has 5 nitrogen and oxygen atoms in total. The van der Waals surface area contributed by atoms with E-state index in [1.165, 1.54) is 42.8 Å². The number of carboxylic acids is 1. The third-order valence-corrected chi connectivity index (χ3v) is 5.41. The van der Waals surface area contributed by atoms with Crippen molar-refractivity contribution in [2.45, 2.75) is 29.7 Å². The Bertz CT molecular complexity index is 1110. The van der Waals surface area contributed by atoms with Crippen LogP contribution in [0.2, 0.25) is 0 Å². The summed E-state index contributed by atoms with van der Waals surface area (Å²) >= 11 is 1.07. The monoisotopic (exact) mass is 405 g/mol. The number of thioether (sulfide) groups is 1. The summed E-state index contributed by atoms with van der Waals surface area (Å²) < 4.78 is 39.8. The van der Waals surface area contributed by atoms with E-state index in [0.29, 0.717) is 16.2 Å². The second-order valence-electron chi connectivity index (χ2n) is 6.52. The first kappa shape index (κ1) is 19.8. The summed E-state index contributed by atoms with van der Waals surface area (Å²) in [5.41, 5.74) is 0.190. The van der Waals surface area contributed by atoms with E-state index in [0.717, 1.165) is 24.0 Å². The van der Waals surface area contributed by atoms with Gasteiger partial charge in [-0.2, -0.15) is 18.4 Å². The molecule has 3 rings (SSSR count). The van der Waals surface area contributed by atoms with Crippen molar-refractivity contribution in [2.24, 2.45) is 0 Å². The topological polar surface area (TPSA) is 78.4 Å². The van der Waals surface area contributed by atoms with Crippen molar-refractivity contribution in [1.82, 2.24) is 9.38 Å². The Hall–Kier alpha value is -2.99. The second kappa shape index (κ2) is 6.87. The minimum Gasteiger partial charge on any atom is -0.480 e. The van der Waals surface area contributed by atoms with Gasteiger partial charge in [0.05, 0.1) is 22.3 Å². The van der Waals surface area contributed by atoms with Crippen molar-refractivity contribution in [1.29, 1.82) is 5.26 Å². The maximum Gasteiger partial charge on any atom is 0.417 e. The highest BCUT2D eigenvalue weighted by molar-refractivity contribution is 8.01. The predicted octanol–water partition coefficient (Wildman–Crippen LogP) is 4.85. The van der Waals surface area contributed by atoms with E-state index >= 15 is 0 Å². The van der Waals surface area contributed by atoms with Crippen LogP contribution in [0.15, 0.2) is 47.8 Å². The van der Waals surface area contributed by atoms with Gasteiger partial charge in [-0.1, -0.05) is 0 Å². The molecule has 3 heterocycles. The van der Waals surface area contributed by atoms with Crippen LogP contribution in [0, 0.1) is 11.3 Å². The van der Waals surface area contributed by atoms with Crippen LogP contribution in [0.3, 0.4) is 0 Å². The van der Waals surface area contributed by atoms with Crippen molar-refractivity contribution in [3.63, 3.8) is 0 Å². The number of nitrogens with zero attached hydrogens (tertiary/aromatic N) is 3. The van der Waals surface area contributed by atoms with Crippen molar-refractivity contribution < 1.29 is 23.1 Å². The number of nitriles is 1. The molecule has 0 saturated heterocycles. The van der Waals surface area contributed by atoms with Crippen LogP contribution in [-0.4, -0.2) is 25.2 Å². The first-order chi connectivity index (χ1) is 13.0. The molecule has 3 aromatic heterocycles. The summed E-state index contributed by atoms with van der Waals surface area (Å²) in [4.78, 5) is 16.1. The Morgan fingerprint density at radius 1 is 1.29 bits per heavy atom. The Balaban J connectivity index is 2.25. The molecule has 0 atom stereocenters. The molecule has 0 aliphatic carbocycles. The molecule has 0 aliphatic heterocycles. The number of fused-ring (bicyclic) bond motifs is 1. The summed E-state index contributed by atoms with van der Waals surface area (Å²) in [5, 5.41) is 18.6. The minimum absolute atomic E-state index is 0.100. The van der Waals surface area contributed by atoms with E-state index in [1.807, 2.05) is 6.07 Å². The lowest BCUT2D eigenvalue weighted by molar-refractivity contribution is -0.139. The normalized spacial score (nSPS) is 12.1. The van der Waals surface area contributed by atoms with Gasteiger partial charge >= 0.3 is 12.1 Å². The first-order valence-corrected chi connectivity index (χ1v) is 8.85. The van der Waals surface area contributed by atoms with Crippen LogP contribution in [0.25, 0.3) is 16.8 Å². The lowest BCUT2D eigenvalue weighted by atomic mass is 10.1. The molecule has 0 bridgehead atoms. The highest BCUT2D eigenvalue weighted by atomic mass is 32.2. The molecule has 3 aromatic rings. The Kier molecular flexibility index (Phi) is 4.85. The fraction of sp³-hybridized carbons (Fsp3) is 0.211. The second-order valence-corrected chi connectivity index (χ2v) is 8.18. The molecule has 0 aliphatic rings. The molecule has 0 aromatic carbocycles. The number of carbonyl (C=O) groups is 1. The number of carboxylic acid groups (broad SMARTS) is 1. The quantitative estimate of drug-likeness (QED) is 0.628. The predicted molar refractivity (Wildman–Crippen MR) is 97.9 cm³/mol. The molecular formula is C19H14F3N3O2S. The van der Waals surface area contributed by atoms with Gasteiger partial charge in [0.15, 0.2) is 0 Å². The zero-order chi connectivity index (χ0) is 20.7. The number of hydrogen-bond donors (Lipinski definition) is 1.